The van der Waals surface area contributed by atoms with Crippen molar-refractivity contribution >= 4 is 17.7 Å². The SMILES string of the molecule is NCCOCCOCCNC(=O)COc1ccc(C2CCC(=O)NC2=O)cc1. The Balaban J connectivity index is 1.61. The van der Waals surface area contributed by atoms with Crippen molar-refractivity contribution in [1.29, 1.82) is 0 Å². The summed E-state index contributed by atoms with van der Waals surface area (Å²) in [5.74, 6) is -0.581. The maximum atomic E-state index is 11.9. The summed E-state index contributed by atoms with van der Waals surface area (Å²) in [5, 5.41) is 5.03. The first-order valence-electron chi connectivity index (χ1n) is 9.29. The van der Waals surface area contributed by atoms with Crippen LogP contribution in [0.3, 0.4) is 0 Å². The molecule has 1 aliphatic heterocycles. The molecule has 9 heteroatoms. The lowest BCUT2D eigenvalue weighted by atomic mass is 9.90. The summed E-state index contributed by atoms with van der Waals surface area (Å²) in [4.78, 5) is 34.9. The molecular weight excluding hydrogens is 366 g/mol. The van der Waals surface area contributed by atoms with Crippen molar-refractivity contribution < 1.29 is 28.6 Å². The molecule has 1 heterocycles. The number of ether oxygens (including phenoxy) is 3. The summed E-state index contributed by atoms with van der Waals surface area (Å²) in [5.41, 5.74) is 6.11. The number of carbonyl (C=O) groups is 3. The van der Waals surface area contributed by atoms with Gasteiger partial charge in [0.25, 0.3) is 5.91 Å². The maximum Gasteiger partial charge on any atom is 0.258 e. The summed E-state index contributed by atoms with van der Waals surface area (Å²) in [6.07, 6.45) is 0.827. The van der Waals surface area contributed by atoms with Crippen LogP contribution in [0.1, 0.15) is 24.3 Å². The third kappa shape index (κ3) is 7.63. The van der Waals surface area contributed by atoms with Gasteiger partial charge in [0.05, 0.1) is 32.3 Å². The standard InChI is InChI=1S/C19H27N3O6/c20-7-9-26-11-12-27-10-8-21-18(24)13-28-15-3-1-14(2-4-15)16-5-6-17(23)22-19(16)25/h1-4,16H,5-13,20H2,(H,21,24)(H,22,23,25). The molecule has 1 aliphatic rings. The second-order valence-electron chi connectivity index (χ2n) is 6.22. The van der Waals surface area contributed by atoms with Gasteiger partial charge in [0, 0.05) is 19.5 Å². The van der Waals surface area contributed by atoms with Gasteiger partial charge in [-0.3, -0.25) is 19.7 Å². The molecule has 0 aromatic heterocycles. The minimum absolute atomic E-state index is 0.114. The Hall–Kier alpha value is -2.49. The van der Waals surface area contributed by atoms with Crippen LogP contribution in [0.25, 0.3) is 0 Å². The molecule has 2 rings (SSSR count). The number of imide groups is 1. The summed E-state index contributed by atoms with van der Waals surface area (Å²) >= 11 is 0. The van der Waals surface area contributed by atoms with Crippen molar-refractivity contribution in [1.82, 2.24) is 10.6 Å². The first-order chi connectivity index (χ1) is 13.6. The fraction of sp³-hybridized carbons (Fsp3) is 0.526. The second-order valence-corrected chi connectivity index (χ2v) is 6.22. The Kier molecular flexibility index (Phi) is 9.40. The van der Waals surface area contributed by atoms with E-state index in [2.05, 4.69) is 10.6 Å². The molecule has 9 nitrogen and oxygen atoms in total. The van der Waals surface area contributed by atoms with Crippen molar-refractivity contribution in [2.75, 3.05) is 46.1 Å². The average Bonchev–Trinajstić information content (AvgIpc) is 2.69. The van der Waals surface area contributed by atoms with E-state index in [0.717, 1.165) is 5.56 Å². The van der Waals surface area contributed by atoms with Gasteiger partial charge in [-0.15, -0.1) is 0 Å². The van der Waals surface area contributed by atoms with E-state index < -0.39 is 0 Å². The number of nitrogens with one attached hydrogen (secondary N) is 2. The van der Waals surface area contributed by atoms with E-state index in [0.29, 0.717) is 58.1 Å². The van der Waals surface area contributed by atoms with E-state index in [1.54, 1.807) is 24.3 Å². The Morgan fingerprint density at radius 3 is 2.50 bits per heavy atom. The molecule has 0 radical (unpaired) electrons. The first-order valence-corrected chi connectivity index (χ1v) is 9.29. The smallest absolute Gasteiger partial charge is 0.258 e. The van der Waals surface area contributed by atoms with E-state index in [4.69, 9.17) is 19.9 Å². The number of carbonyl (C=O) groups excluding carboxylic acids is 3. The topological polar surface area (TPSA) is 129 Å². The molecule has 4 N–H and O–H groups in total. The zero-order chi connectivity index (χ0) is 20.2. The molecule has 0 bridgehead atoms. The van der Waals surface area contributed by atoms with Crippen molar-refractivity contribution in [3.63, 3.8) is 0 Å². The fourth-order valence-electron chi connectivity index (χ4n) is 2.68. The molecule has 1 unspecified atom stereocenters. The number of rotatable bonds is 12. The summed E-state index contributed by atoms with van der Waals surface area (Å²) in [7, 11) is 0. The van der Waals surface area contributed by atoms with Crippen molar-refractivity contribution in [2.24, 2.45) is 5.73 Å². The van der Waals surface area contributed by atoms with Crippen molar-refractivity contribution in [3.8, 4) is 5.75 Å². The molecule has 1 saturated heterocycles. The number of benzene rings is 1. The highest BCUT2D eigenvalue weighted by atomic mass is 16.5. The zero-order valence-electron chi connectivity index (χ0n) is 15.8. The van der Waals surface area contributed by atoms with Gasteiger partial charge in [0.2, 0.25) is 11.8 Å². The number of amides is 3. The largest absolute Gasteiger partial charge is 0.484 e. The van der Waals surface area contributed by atoms with E-state index in [1.165, 1.54) is 0 Å². The molecule has 1 atom stereocenters. The molecule has 28 heavy (non-hydrogen) atoms. The predicted octanol–water partition coefficient (Wildman–Crippen LogP) is -0.306. The lowest BCUT2D eigenvalue weighted by molar-refractivity contribution is -0.134. The van der Waals surface area contributed by atoms with Gasteiger partial charge in [-0.05, 0) is 24.1 Å². The Morgan fingerprint density at radius 1 is 1.11 bits per heavy atom. The van der Waals surface area contributed by atoms with E-state index >= 15 is 0 Å². The van der Waals surface area contributed by atoms with Crippen LogP contribution in [-0.4, -0.2) is 63.8 Å². The Labute approximate surface area is 163 Å². The highest BCUT2D eigenvalue weighted by molar-refractivity contribution is 6.00. The molecule has 1 fully saturated rings. The number of nitrogens with two attached hydrogens (primary N) is 1. The van der Waals surface area contributed by atoms with Gasteiger partial charge in [-0.25, -0.2) is 0 Å². The second kappa shape index (κ2) is 12.1. The first kappa shape index (κ1) is 21.8. The van der Waals surface area contributed by atoms with Crippen LogP contribution in [0.15, 0.2) is 24.3 Å². The number of hydrogen-bond acceptors (Lipinski definition) is 7. The summed E-state index contributed by atoms with van der Waals surface area (Å²) < 4.78 is 15.9. The molecule has 0 spiro atoms. The summed E-state index contributed by atoms with van der Waals surface area (Å²) in [6, 6.07) is 6.95. The van der Waals surface area contributed by atoms with Crippen LogP contribution in [0.2, 0.25) is 0 Å². The van der Waals surface area contributed by atoms with Gasteiger partial charge in [-0.1, -0.05) is 12.1 Å². The Bertz CT molecular complexity index is 650. The molecule has 154 valence electrons. The minimum atomic E-state index is -0.337. The number of piperidine rings is 1. The highest BCUT2D eigenvalue weighted by Gasteiger charge is 2.27. The van der Waals surface area contributed by atoms with Crippen molar-refractivity contribution in [3.05, 3.63) is 29.8 Å². The Morgan fingerprint density at radius 2 is 1.82 bits per heavy atom. The normalized spacial score (nSPS) is 16.5. The van der Waals surface area contributed by atoms with Crippen LogP contribution in [0.5, 0.6) is 5.75 Å². The van der Waals surface area contributed by atoms with Gasteiger partial charge >= 0.3 is 0 Å². The third-order valence-electron chi connectivity index (χ3n) is 4.09. The van der Waals surface area contributed by atoms with Gasteiger partial charge in [0.1, 0.15) is 5.75 Å². The van der Waals surface area contributed by atoms with E-state index in [9.17, 15) is 14.4 Å². The quantitative estimate of drug-likeness (QED) is 0.328. The minimum Gasteiger partial charge on any atom is -0.484 e. The predicted molar refractivity (Wildman–Crippen MR) is 101 cm³/mol. The van der Waals surface area contributed by atoms with Crippen LogP contribution >= 0.6 is 0 Å². The maximum absolute atomic E-state index is 11.9. The lowest BCUT2D eigenvalue weighted by Crippen LogP contribution is -2.39. The lowest BCUT2D eigenvalue weighted by Gasteiger charge is -2.21. The van der Waals surface area contributed by atoms with Crippen LogP contribution < -0.4 is 21.1 Å². The molecule has 0 saturated carbocycles. The average molecular weight is 393 g/mol. The fourth-order valence-corrected chi connectivity index (χ4v) is 2.68. The van der Waals surface area contributed by atoms with Crippen LogP contribution in [-0.2, 0) is 23.9 Å². The van der Waals surface area contributed by atoms with Gasteiger partial charge in [-0.2, -0.15) is 0 Å². The molecule has 3 amide bonds. The monoisotopic (exact) mass is 393 g/mol. The van der Waals surface area contributed by atoms with Gasteiger partial charge < -0.3 is 25.3 Å². The van der Waals surface area contributed by atoms with E-state index in [-0.39, 0.29) is 30.2 Å². The van der Waals surface area contributed by atoms with Gasteiger partial charge in [0.15, 0.2) is 6.61 Å². The molecular formula is C19H27N3O6. The molecule has 1 aromatic carbocycles. The molecule has 1 aromatic rings. The summed E-state index contributed by atoms with van der Waals surface area (Å²) in [6.45, 7) is 2.57. The third-order valence-corrected chi connectivity index (χ3v) is 4.09. The highest BCUT2D eigenvalue weighted by Crippen LogP contribution is 2.26. The van der Waals surface area contributed by atoms with E-state index in [1.807, 2.05) is 0 Å². The molecule has 0 aliphatic carbocycles. The van der Waals surface area contributed by atoms with Crippen molar-refractivity contribution in [2.45, 2.75) is 18.8 Å². The van der Waals surface area contributed by atoms with Crippen LogP contribution in [0, 0.1) is 0 Å². The zero-order valence-corrected chi connectivity index (χ0v) is 15.8. The van der Waals surface area contributed by atoms with Crippen LogP contribution in [0.4, 0.5) is 0 Å². The number of hydrogen-bond donors (Lipinski definition) is 3.